The van der Waals surface area contributed by atoms with Crippen LogP contribution < -0.4 is 16.0 Å². The van der Waals surface area contributed by atoms with Gasteiger partial charge < -0.3 is 10.6 Å². The van der Waals surface area contributed by atoms with Crippen molar-refractivity contribution in [2.45, 2.75) is 32.0 Å². The van der Waals surface area contributed by atoms with Crippen molar-refractivity contribution in [2.75, 3.05) is 20.6 Å². The number of hydrogen-bond acceptors (Lipinski definition) is 2. The third-order valence-electron chi connectivity index (χ3n) is 3.04. The summed E-state index contributed by atoms with van der Waals surface area (Å²) in [6.45, 7) is 5.38. The Hall–Kier alpha value is -0.120. The number of piperidine rings is 1. The second-order valence-electron chi connectivity index (χ2n) is 3.79. The van der Waals surface area contributed by atoms with Crippen LogP contribution >= 0.6 is 0 Å². The predicted octanol–water partition coefficient (Wildman–Crippen LogP) is 0.154. The summed E-state index contributed by atoms with van der Waals surface area (Å²) in [5.41, 5.74) is 0.0984. The fourth-order valence-corrected chi connectivity index (χ4v) is 2.05. The average Bonchev–Trinajstić information content (AvgIpc) is 2.09. The van der Waals surface area contributed by atoms with E-state index in [1.807, 2.05) is 14.1 Å². The molecule has 0 bridgehead atoms. The maximum Gasteiger partial charge on any atom is 0.0737 e. The zero-order chi connectivity index (χ0) is 9.19. The van der Waals surface area contributed by atoms with Crippen molar-refractivity contribution >= 4 is 0 Å². The molecule has 3 nitrogen and oxygen atoms in total. The van der Waals surface area contributed by atoms with E-state index in [2.05, 4.69) is 29.8 Å². The van der Waals surface area contributed by atoms with E-state index >= 15 is 0 Å². The van der Waals surface area contributed by atoms with Crippen LogP contribution in [0.4, 0.5) is 0 Å². The van der Waals surface area contributed by atoms with E-state index in [9.17, 15) is 0 Å². The third kappa shape index (κ3) is 1.63. The average molecular weight is 170 g/mol. The Labute approximate surface area is 75.3 Å². The van der Waals surface area contributed by atoms with Gasteiger partial charge in [0.2, 0.25) is 0 Å². The predicted molar refractivity (Wildman–Crippen MR) is 51.1 cm³/mol. The molecule has 3 heteroatoms. The fraction of sp³-hybridized carbons (Fsp3) is 1.00. The number of nitrogens with one attached hydrogen (secondary N) is 2. The second-order valence-corrected chi connectivity index (χ2v) is 3.79. The molecule has 0 aliphatic carbocycles. The maximum atomic E-state index is 4.52. The van der Waals surface area contributed by atoms with Gasteiger partial charge in [0.25, 0.3) is 0 Å². The van der Waals surface area contributed by atoms with Crippen molar-refractivity contribution in [3.05, 3.63) is 0 Å². The highest BCUT2D eigenvalue weighted by atomic mass is 15.2. The number of hydrogen-bond donors (Lipinski definition) is 2. The minimum Gasteiger partial charge on any atom is -0.302 e. The molecule has 1 heterocycles. The summed E-state index contributed by atoms with van der Waals surface area (Å²) in [4.78, 5) is 0. The molecule has 1 saturated heterocycles. The zero-order valence-electron chi connectivity index (χ0n) is 8.52. The van der Waals surface area contributed by atoms with E-state index in [4.69, 9.17) is 0 Å². The molecule has 1 radical (unpaired) electrons. The van der Waals surface area contributed by atoms with E-state index in [0.717, 1.165) is 13.0 Å². The lowest BCUT2D eigenvalue weighted by molar-refractivity contribution is 0.119. The first-order chi connectivity index (χ1) is 5.64. The quantitative estimate of drug-likeness (QED) is 0.579. The van der Waals surface area contributed by atoms with E-state index < -0.39 is 0 Å². The lowest BCUT2D eigenvalue weighted by Crippen LogP contribution is -2.64. The van der Waals surface area contributed by atoms with Crippen molar-refractivity contribution in [3.8, 4) is 0 Å². The summed E-state index contributed by atoms with van der Waals surface area (Å²) >= 11 is 0. The van der Waals surface area contributed by atoms with Gasteiger partial charge in [-0.05, 0) is 27.4 Å². The lowest BCUT2D eigenvalue weighted by Gasteiger charge is -2.44. The Kier molecular flexibility index (Phi) is 3.09. The molecule has 2 atom stereocenters. The van der Waals surface area contributed by atoms with E-state index in [0.29, 0.717) is 12.0 Å². The molecule has 0 spiro atoms. The van der Waals surface area contributed by atoms with Crippen molar-refractivity contribution in [1.29, 1.82) is 0 Å². The second kappa shape index (κ2) is 3.73. The van der Waals surface area contributed by atoms with Crippen molar-refractivity contribution in [3.63, 3.8) is 0 Å². The topological polar surface area (TPSA) is 38.2 Å². The molecular weight excluding hydrogens is 150 g/mol. The van der Waals surface area contributed by atoms with Gasteiger partial charge in [0.1, 0.15) is 0 Å². The molecule has 2 N–H and O–H groups in total. The normalized spacial score (nSPS) is 35.0. The first-order valence-corrected chi connectivity index (χ1v) is 4.69. The largest absolute Gasteiger partial charge is 0.302 e. The highest BCUT2D eigenvalue weighted by Gasteiger charge is 2.38. The van der Waals surface area contributed by atoms with Crippen molar-refractivity contribution in [1.82, 2.24) is 16.0 Å². The van der Waals surface area contributed by atoms with Gasteiger partial charge in [-0.25, -0.2) is 5.32 Å². The van der Waals surface area contributed by atoms with Crippen LogP contribution in [0.2, 0.25) is 0 Å². The van der Waals surface area contributed by atoms with Gasteiger partial charge in [-0.15, -0.1) is 0 Å². The first-order valence-electron chi connectivity index (χ1n) is 4.69. The Morgan fingerprint density at radius 3 is 2.25 bits per heavy atom. The van der Waals surface area contributed by atoms with Crippen LogP contribution in [0.3, 0.4) is 0 Å². The molecule has 2 unspecified atom stereocenters. The highest BCUT2D eigenvalue weighted by Crippen LogP contribution is 2.24. The Morgan fingerprint density at radius 1 is 1.25 bits per heavy atom. The summed E-state index contributed by atoms with van der Waals surface area (Å²) in [6, 6.07) is 0.473. The first kappa shape index (κ1) is 9.96. The molecule has 1 aliphatic heterocycles. The Morgan fingerprint density at radius 2 is 1.83 bits per heavy atom. The molecule has 0 aromatic carbocycles. The van der Waals surface area contributed by atoms with Crippen molar-refractivity contribution in [2.24, 2.45) is 5.92 Å². The Bertz CT molecular complexity index is 143. The van der Waals surface area contributed by atoms with Gasteiger partial charge in [0.05, 0.1) is 5.66 Å². The molecule has 1 fully saturated rings. The molecule has 12 heavy (non-hydrogen) atoms. The van der Waals surface area contributed by atoms with E-state index in [1.54, 1.807) is 0 Å². The van der Waals surface area contributed by atoms with Gasteiger partial charge in [0.15, 0.2) is 0 Å². The molecule has 1 aliphatic rings. The van der Waals surface area contributed by atoms with Crippen LogP contribution in [0, 0.1) is 5.92 Å². The van der Waals surface area contributed by atoms with Gasteiger partial charge in [-0.1, -0.05) is 6.92 Å². The standard InChI is InChI=1S/C9H20N3/c1-7-6-12-8(2)5-9(7,10-3)11-4/h7-8,10-11H,5-6H2,1-4H3. The van der Waals surface area contributed by atoms with E-state index in [-0.39, 0.29) is 5.66 Å². The summed E-state index contributed by atoms with van der Waals surface area (Å²) in [6.07, 6.45) is 1.08. The third-order valence-corrected chi connectivity index (χ3v) is 3.04. The molecule has 0 saturated carbocycles. The smallest absolute Gasteiger partial charge is 0.0737 e. The molecular formula is C9H20N3. The van der Waals surface area contributed by atoms with Crippen LogP contribution in [-0.4, -0.2) is 32.3 Å². The Balaban J connectivity index is 2.68. The zero-order valence-corrected chi connectivity index (χ0v) is 8.52. The van der Waals surface area contributed by atoms with Crippen LogP contribution in [0.15, 0.2) is 0 Å². The van der Waals surface area contributed by atoms with Crippen LogP contribution in [0.25, 0.3) is 0 Å². The summed E-state index contributed by atoms with van der Waals surface area (Å²) in [5, 5.41) is 11.3. The summed E-state index contributed by atoms with van der Waals surface area (Å²) in [5.74, 6) is 0.573. The van der Waals surface area contributed by atoms with Crippen LogP contribution in [-0.2, 0) is 0 Å². The van der Waals surface area contributed by atoms with Gasteiger partial charge >= 0.3 is 0 Å². The van der Waals surface area contributed by atoms with Crippen LogP contribution in [0.5, 0.6) is 0 Å². The van der Waals surface area contributed by atoms with Gasteiger partial charge in [-0.3, -0.25) is 0 Å². The molecule has 71 valence electrons. The fourth-order valence-electron chi connectivity index (χ4n) is 2.05. The molecule has 0 aromatic heterocycles. The minimum absolute atomic E-state index is 0.0984. The molecule has 0 aromatic rings. The summed E-state index contributed by atoms with van der Waals surface area (Å²) < 4.78 is 0. The number of nitrogens with zero attached hydrogens (tertiary/aromatic N) is 1. The van der Waals surface area contributed by atoms with Crippen molar-refractivity contribution < 1.29 is 0 Å². The monoisotopic (exact) mass is 170 g/mol. The van der Waals surface area contributed by atoms with Gasteiger partial charge in [-0.2, -0.15) is 0 Å². The highest BCUT2D eigenvalue weighted by molar-refractivity contribution is 4.95. The summed E-state index contributed by atoms with van der Waals surface area (Å²) in [7, 11) is 4.04. The molecule has 0 amide bonds. The number of rotatable bonds is 2. The SMILES string of the molecule is CNC1(NC)CC(C)[N]CC1C. The minimum atomic E-state index is 0.0984. The maximum absolute atomic E-state index is 4.52. The van der Waals surface area contributed by atoms with Crippen LogP contribution in [0.1, 0.15) is 20.3 Å². The molecule has 1 rings (SSSR count). The van der Waals surface area contributed by atoms with E-state index in [1.165, 1.54) is 0 Å². The lowest BCUT2D eigenvalue weighted by atomic mass is 9.84. The van der Waals surface area contributed by atoms with Gasteiger partial charge in [0, 0.05) is 18.5 Å².